The third-order valence-corrected chi connectivity index (χ3v) is 6.42. The summed E-state index contributed by atoms with van der Waals surface area (Å²) in [7, 11) is 1.41. The SMILES string of the molecule is CCCCc1cc(C(=O)OC)cc2ccc(OCc3cccc(C4(O)CCOCC4)c3)cc12. The molecule has 0 amide bonds. The Kier molecular flexibility index (Phi) is 7.31. The fourth-order valence-corrected chi connectivity index (χ4v) is 4.43. The van der Waals surface area contributed by atoms with Gasteiger partial charge in [0.25, 0.3) is 0 Å². The zero-order valence-corrected chi connectivity index (χ0v) is 19.4. The predicted molar refractivity (Wildman–Crippen MR) is 129 cm³/mol. The van der Waals surface area contributed by atoms with Crippen LogP contribution in [0.5, 0.6) is 5.75 Å². The number of methoxy groups -OCH3 is 1. The molecule has 1 heterocycles. The van der Waals surface area contributed by atoms with Crippen molar-refractivity contribution in [2.24, 2.45) is 0 Å². The maximum Gasteiger partial charge on any atom is 0.337 e. The van der Waals surface area contributed by atoms with E-state index in [4.69, 9.17) is 14.2 Å². The van der Waals surface area contributed by atoms with Crippen LogP contribution >= 0.6 is 0 Å². The highest BCUT2D eigenvalue weighted by Crippen LogP contribution is 2.33. The Balaban J connectivity index is 1.55. The van der Waals surface area contributed by atoms with Gasteiger partial charge in [0.2, 0.25) is 0 Å². The van der Waals surface area contributed by atoms with Gasteiger partial charge in [-0.25, -0.2) is 4.79 Å². The first-order valence-corrected chi connectivity index (χ1v) is 11.7. The second kappa shape index (κ2) is 10.4. The second-order valence-electron chi connectivity index (χ2n) is 8.75. The molecule has 1 saturated heterocycles. The van der Waals surface area contributed by atoms with Crippen LogP contribution in [0.25, 0.3) is 10.8 Å². The van der Waals surface area contributed by atoms with Crippen molar-refractivity contribution in [1.82, 2.24) is 0 Å². The molecular weight excluding hydrogens is 416 g/mol. The standard InChI is InChI=1S/C28H32O5/c1-3-4-7-21-16-23(27(29)31-2)17-22-9-10-25(18-26(21)22)33-19-20-6-5-8-24(15-20)28(30)11-13-32-14-12-28/h5-6,8-10,15-18,30H,3-4,7,11-14,19H2,1-2H3. The molecule has 1 aliphatic rings. The van der Waals surface area contributed by atoms with E-state index >= 15 is 0 Å². The number of carbonyl (C=O) groups excluding carboxylic acids is 1. The average Bonchev–Trinajstić information content (AvgIpc) is 2.86. The number of aliphatic hydroxyl groups is 1. The van der Waals surface area contributed by atoms with Crippen LogP contribution < -0.4 is 4.74 Å². The average molecular weight is 449 g/mol. The number of esters is 1. The number of benzene rings is 3. The highest BCUT2D eigenvalue weighted by atomic mass is 16.5. The summed E-state index contributed by atoms with van der Waals surface area (Å²) in [6.07, 6.45) is 4.23. The molecule has 3 aromatic carbocycles. The normalized spacial score (nSPS) is 15.4. The molecule has 0 saturated carbocycles. The van der Waals surface area contributed by atoms with Gasteiger partial charge in [0.05, 0.1) is 18.3 Å². The molecular formula is C28H32O5. The molecule has 5 heteroatoms. The monoisotopic (exact) mass is 448 g/mol. The quantitative estimate of drug-likeness (QED) is 0.458. The number of carbonyl (C=O) groups is 1. The van der Waals surface area contributed by atoms with Crippen molar-refractivity contribution < 1.29 is 24.1 Å². The van der Waals surface area contributed by atoms with Crippen molar-refractivity contribution in [3.05, 3.63) is 76.9 Å². The molecule has 33 heavy (non-hydrogen) atoms. The van der Waals surface area contributed by atoms with Crippen molar-refractivity contribution >= 4 is 16.7 Å². The van der Waals surface area contributed by atoms with Crippen molar-refractivity contribution in [2.45, 2.75) is 51.2 Å². The van der Waals surface area contributed by atoms with Crippen LogP contribution in [0, 0.1) is 0 Å². The molecule has 1 fully saturated rings. The number of unbranched alkanes of at least 4 members (excludes halogenated alkanes) is 1. The van der Waals surface area contributed by atoms with E-state index in [0.29, 0.717) is 38.2 Å². The Morgan fingerprint density at radius 3 is 2.67 bits per heavy atom. The molecule has 1 N–H and O–H groups in total. The van der Waals surface area contributed by atoms with Gasteiger partial charge >= 0.3 is 5.97 Å². The maximum atomic E-state index is 12.1. The third-order valence-electron chi connectivity index (χ3n) is 6.42. The lowest BCUT2D eigenvalue weighted by molar-refractivity contribution is -0.0679. The zero-order chi connectivity index (χ0) is 23.3. The highest BCUT2D eigenvalue weighted by molar-refractivity contribution is 5.97. The van der Waals surface area contributed by atoms with E-state index in [1.807, 2.05) is 48.5 Å². The van der Waals surface area contributed by atoms with Crippen LogP contribution in [0.1, 0.15) is 59.7 Å². The van der Waals surface area contributed by atoms with Gasteiger partial charge in [-0.1, -0.05) is 37.6 Å². The lowest BCUT2D eigenvalue weighted by Gasteiger charge is -2.32. The topological polar surface area (TPSA) is 65.0 Å². The molecule has 0 aliphatic carbocycles. The van der Waals surface area contributed by atoms with Gasteiger partial charge in [-0.15, -0.1) is 0 Å². The lowest BCUT2D eigenvalue weighted by atomic mass is 9.86. The van der Waals surface area contributed by atoms with Crippen molar-refractivity contribution in [2.75, 3.05) is 20.3 Å². The first-order valence-electron chi connectivity index (χ1n) is 11.7. The van der Waals surface area contributed by atoms with E-state index in [9.17, 15) is 9.90 Å². The molecule has 0 radical (unpaired) electrons. The van der Waals surface area contributed by atoms with Gasteiger partial charge < -0.3 is 19.3 Å². The van der Waals surface area contributed by atoms with E-state index in [0.717, 1.165) is 52.5 Å². The summed E-state index contributed by atoms with van der Waals surface area (Å²) in [5.41, 5.74) is 2.81. The zero-order valence-electron chi connectivity index (χ0n) is 19.4. The van der Waals surface area contributed by atoms with Crippen LogP contribution in [0.4, 0.5) is 0 Å². The minimum atomic E-state index is -0.831. The van der Waals surface area contributed by atoms with Gasteiger partial charge in [0, 0.05) is 26.1 Å². The molecule has 3 aromatic rings. The van der Waals surface area contributed by atoms with Gasteiger partial charge in [0.15, 0.2) is 0 Å². The Morgan fingerprint density at radius 2 is 1.91 bits per heavy atom. The summed E-state index contributed by atoms with van der Waals surface area (Å²) < 4.78 is 16.5. The van der Waals surface area contributed by atoms with Crippen molar-refractivity contribution in [3.8, 4) is 5.75 Å². The van der Waals surface area contributed by atoms with Crippen LogP contribution in [0.3, 0.4) is 0 Å². The number of hydrogen-bond donors (Lipinski definition) is 1. The minimum absolute atomic E-state index is 0.318. The summed E-state index contributed by atoms with van der Waals surface area (Å²) in [6.45, 7) is 3.72. The van der Waals surface area contributed by atoms with Crippen LogP contribution in [0.15, 0.2) is 54.6 Å². The first-order chi connectivity index (χ1) is 16.0. The molecule has 0 aromatic heterocycles. The van der Waals surface area contributed by atoms with Gasteiger partial charge in [-0.2, -0.15) is 0 Å². The predicted octanol–water partition coefficient (Wildman–Crippen LogP) is 5.55. The molecule has 0 spiro atoms. The van der Waals surface area contributed by atoms with Crippen LogP contribution in [-0.2, 0) is 28.1 Å². The number of aryl methyl sites for hydroxylation is 1. The highest BCUT2D eigenvalue weighted by Gasteiger charge is 2.31. The number of fused-ring (bicyclic) bond motifs is 1. The van der Waals surface area contributed by atoms with E-state index in [1.165, 1.54) is 7.11 Å². The van der Waals surface area contributed by atoms with E-state index < -0.39 is 5.60 Å². The third kappa shape index (κ3) is 5.37. The van der Waals surface area contributed by atoms with Gasteiger partial charge in [-0.05, 0) is 70.6 Å². The molecule has 0 bridgehead atoms. The second-order valence-corrected chi connectivity index (χ2v) is 8.75. The fraction of sp³-hybridized carbons (Fsp3) is 0.393. The van der Waals surface area contributed by atoms with Crippen LogP contribution in [-0.4, -0.2) is 31.4 Å². The van der Waals surface area contributed by atoms with Crippen molar-refractivity contribution in [3.63, 3.8) is 0 Å². The number of ether oxygens (including phenoxy) is 3. The van der Waals surface area contributed by atoms with Gasteiger partial charge in [0.1, 0.15) is 12.4 Å². The Bertz CT molecular complexity index is 1110. The van der Waals surface area contributed by atoms with E-state index in [2.05, 4.69) is 13.0 Å². The molecule has 0 atom stereocenters. The Labute approximate surface area is 195 Å². The smallest absolute Gasteiger partial charge is 0.337 e. The number of hydrogen-bond acceptors (Lipinski definition) is 5. The Morgan fingerprint density at radius 1 is 1.09 bits per heavy atom. The summed E-state index contributed by atoms with van der Waals surface area (Å²) in [5, 5.41) is 13.1. The summed E-state index contributed by atoms with van der Waals surface area (Å²) in [6, 6.07) is 17.8. The molecule has 4 rings (SSSR count). The molecule has 1 aliphatic heterocycles. The summed E-state index contributed by atoms with van der Waals surface area (Å²) in [5.74, 6) is 0.460. The van der Waals surface area contributed by atoms with Gasteiger partial charge in [-0.3, -0.25) is 0 Å². The Hall–Kier alpha value is -2.89. The number of rotatable bonds is 8. The van der Waals surface area contributed by atoms with E-state index in [1.54, 1.807) is 0 Å². The van der Waals surface area contributed by atoms with E-state index in [-0.39, 0.29) is 5.97 Å². The minimum Gasteiger partial charge on any atom is -0.489 e. The lowest BCUT2D eigenvalue weighted by Crippen LogP contribution is -2.33. The fourth-order valence-electron chi connectivity index (χ4n) is 4.43. The molecule has 174 valence electrons. The van der Waals surface area contributed by atoms with Crippen LogP contribution in [0.2, 0.25) is 0 Å². The summed E-state index contributed by atoms with van der Waals surface area (Å²) >= 11 is 0. The summed E-state index contributed by atoms with van der Waals surface area (Å²) in [4.78, 5) is 12.1. The maximum absolute atomic E-state index is 12.1. The first kappa shape index (κ1) is 23.3. The molecule has 0 unspecified atom stereocenters. The van der Waals surface area contributed by atoms with Crippen molar-refractivity contribution in [1.29, 1.82) is 0 Å². The largest absolute Gasteiger partial charge is 0.489 e. The molecule has 5 nitrogen and oxygen atoms in total.